The summed E-state index contributed by atoms with van der Waals surface area (Å²) >= 11 is 5.76. The fourth-order valence-corrected chi connectivity index (χ4v) is 1.35. The molecule has 0 unspecified atom stereocenters. The van der Waals surface area contributed by atoms with Crippen molar-refractivity contribution in [3.63, 3.8) is 0 Å². The highest BCUT2D eigenvalue weighted by molar-refractivity contribution is 6.32. The Balaban J connectivity index is 2.34. The molecule has 2 aromatic rings. The maximum absolute atomic E-state index is 10.4. The Morgan fingerprint density at radius 2 is 2.38 bits per heavy atom. The Kier molecular flexibility index (Phi) is 2.74. The van der Waals surface area contributed by atoms with Crippen molar-refractivity contribution >= 4 is 23.4 Å². The maximum atomic E-state index is 10.4. The van der Waals surface area contributed by atoms with Crippen LogP contribution in [0.4, 0.5) is 10.5 Å². The molecule has 0 aromatic carbocycles. The Hall–Kier alpha value is -2.08. The van der Waals surface area contributed by atoms with Gasteiger partial charge in [0.1, 0.15) is 5.69 Å². The molecule has 0 spiro atoms. The second-order valence-electron chi connectivity index (χ2n) is 2.92. The Bertz CT molecular complexity index is 511. The molecule has 0 bridgehead atoms. The van der Waals surface area contributed by atoms with Crippen molar-refractivity contribution in [1.82, 2.24) is 14.8 Å². The third-order valence-electron chi connectivity index (χ3n) is 1.82. The normalized spacial score (nSPS) is 10.1. The molecule has 0 saturated carbocycles. The van der Waals surface area contributed by atoms with E-state index >= 15 is 0 Å². The molecule has 2 N–H and O–H groups in total. The van der Waals surface area contributed by atoms with Crippen molar-refractivity contribution in [2.24, 2.45) is 0 Å². The highest BCUT2D eigenvalue weighted by Crippen LogP contribution is 2.21. The SMILES string of the molecule is O=C(O)Nc1cn(-c2cccnc2)nc1Cl. The number of amides is 1. The largest absolute Gasteiger partial charge is 0.465 e. The third-order valence-corrected chi connectivity index (χ3v) is 2.10. The number of carboxylic acid groups (broad SMARTS) is 1. The molecule has 0 aliphatic carbocycles. The summed E-state index contributed by atoms with van der Waals surface area (Å²) in [4.78, 5) is 14.4. The first-order valence-electron chi connectivity index (χ1n) is 4.32. The first-order valence-corrected chi connectivity index (χ1v) is 4.70. The zero-order valence-electron chi connectivity index (χ0n) is 7.96. The van der Waals surface area contributed by atoms with Crippen LogP contribution in [-0.2, 0) is 0 Å². The lowest BCUT2D eigenvalue weighted by Gasteiger charge is -1.97. The molecule has 2 rings (SSSR count). The fourth-order valence-electron chi connectivity index (χ4n) is 1.17. The van der Waals surface area contributed by atoms with E-state index in [4.69, 9.17) is 16.7 Å². The first-order chi connectivity index (χ1) is 7.66. The Labute approximate surface area is 95.5 Å². The van der Waals surface area contributed by atoms with Crippen LogP contribution in [0.5, 0.6) is 0 Å². The van der Waals surface area contributed by atoms with Crippen molar-refractivity contribution < 1.29 is 9.90 Å². The van der Waals surface area contributed by atoms with Crippen LogP contribution < -0.4 is 5.32 Å². The van der Waals surface area contributed by atoms with Crippen LogP contribution in [0.15, 0.2) is 30.7 Å². The number of aromatic nitrogens is 3. The van der Waals surface area contributed by atoms with Crippen LogP contribution in [0, 0.1) is 0 Å². The lowest BCUT2D eigenvalue weighted by atomic mass is 10.4. The Morgan fingerprint density at radius 1 is 1.56 bits per heavy atom. The lowest BCUT2D eigenvalue weighted by molar-refractivity contribution is 0.210. The first kappa shape index (κ1) is 10.4. The summed E-state index contributed by atoms with van der Waals surface area (Å²) in [7, 11) is 0. The van der Waals surface area contributed by atoms with Crippen molar-refractivity contribution in [2.45, 2.75) is 0 Å². The summed E-state index contributed by atoms with van der Waals surface area (Å²) in [6, 6.07) is 3.52. The van der Waals surface area contributed by atoms with Gasteiger partial charge in [-0.05, 0) is 12.1 Å². The molecular weight excluding hydrogens is 232 g/mol. The predicted molar refractivity (Wildman–Crippen MR) is 58.0 cm³/mol. The van der Waals surface area contributed by atoms with E-state index in [1.807, 2.05) is 0 Å². The van der Waals surface area contributed by atoms with Gasteiger partial charge in [0.05, 0.1) is 18.1 Å². The van der Waals surface area contributed by atoms with Crippen LogP contribution in [0.2, 0.25) is 5.15 Å². The number of rotatable bonds is 2. The quantitative estimate of drug-likeness (QED) is 0.839. The predicted octanol–water partition coefficient (Wildman–Crippen LogP) is 2.01. The van der Waals surface area contributed by atoms with E-state index in [1.54, 1.807) is 24.5 Å². The molecule has 6 nitrogen and oxygen atoms in total. The van der Waals surface area contributed by atoms with Crippen LogP contribution in [0.1, 0.15) is 0 Å². The third kappa shape index (κ3) is 2.12. The van der Waals surface area contributed by atoms with Gasteiger partial charge >= 0.3 is 6.09 Å². The molecule has 16 heavy (non-hydrogen) atoms. The molecule has 0 aliphatic rings. The van der Waals surface area contributed by atoms with E-state index in [-0.39, 0.29) is 10.8 Å². The topological polar surface area (TPSA) is 80.0 Å². The Morgan fingerprint density at radius 3 is 3.00 bits per heavy atom. The molecule has 1 amide bonds. The molecule has 0 fully saturated rings. The highest BCUT2D eigenvalue weighted by Gasteiger charge is 2.09. The molecule has 7 heteroatoms. The monoisotopic (exact) mass is 238 g/mol. The van der Waals surface area contributed by atoms with Crippen LogP contribution >= 0.6 is 11.6 Å². The van der Waals surface area contributed by atoms with E-state index < -0.39 is 6.09 Å². The van der Waals surface area contributed by atoms with Crippen LogP contribution in [-0.4, -0.2) is 26.0 Å². The second kappa shape index (κ2) is 4.19. The van der Waals surface area contributed by atoms with Crippen LogP contribution in [0.3, 0.4) is 0 Å². The van der Waals surface area contributed by atoms with E-state index in [2.05, 4.69) is 15.4 Å². The van der Waals surface area contributed by atoms with E-state index in [0.717, 1.165) is 0 Å². The van der Waals surface area contributed by atoms with Crippen molar-refractivity contribution in [3.05, 3.63) is 35.9 Å². The summed E-state index contributed by atoms with van der Waals surface area (Å²) < 4.78 is 1.45. The molecule has 0 atom stereocenters. The fraction of sp³-hybridized carbons (Fsp3) is 0. The van der Waals surface area contributed by atoms with Gasteiger partial charge in [0.15, 0.2) is 5.15 Å². The second-order valence-corrected chi connectivity index (χ2v) is 3.28. The van der Waals surface area contributed by atoms with Gasteiger partial charge in [-0.3, -0.25) is 10.3 Å². The maximum Gasteiger partial charge on any atom is 0.409 e. The smallest absolute Gasteiger partial charge is 0.409 e. The van der Waals surface area contributed by atoms with E-state index in [0.29, 0.717) is 5.69 Å². The summed E-state index contributed by atoms with van der Waals surface area (Å²) in [5, 5.41) is 14.7. The summed E-state index contributed by atoms with van der Waals surface area (Å²) in [6.45, 7) is 0. The average molecular weight is 239 g/mol. The standard InChI is InChI=1S/C9H7ClN4O2/c10-8-7(12-9(15)16)5-14(13-8)6-2-1-3-11-4-6/h1-5,12H,(H,15,16). The van der Waals surface area contributed by atoms with Crippen LogP contribution in [0.25, 0.3) is 5.69 Å². The van der Waals surface area contributed by atoms with Crippen molar-refractivity contribution in [2.75, 3.05) is 5.32 Å². The van der Waals surface area contributed by atoms with Gasteiger partial charge in [-0.25, -0.2) is 9.48 Å². The van der Waals surface area contributed by atoms with E-state index in [1.165, 1.54) is 10.9 Å². The van der Waals surface area contributed by atoms with E-state index in [9.17, 15) is 4.79 Å². The number of nitrogens with zero attached hydrogens (tertiary/aromatic N) is 3. The number of carbonyl (C=O) groups is 1. The van der Waals surface area contributed by atoms with Gasteiger partial charge < -0.3 is 5.11 Å². The highest BCUT2D eigenvalue weighted by atomic mass is 35.5. The summed E-state index contributed by atoms with van der Waals surface area (Å²) in [5.74, 6) is 0. The van der Waals surface area contributed by atoms with Gasteiger partial charge in [-0.2, -0.15) is 5.10 Å². The molecule has 0 aliphatic heterocycles. The minimum Gasteiger partial charge on any atom is -0.465 e. The average Bonchev–Trinajstić information content (AvgIpc) is 2.61. The minimum absolute atomic E-state index is 0.0891. The lowest BCUT2D eigenvalue weighted by Crippen LogP contribution is -2.06. The molecule has 0 saturated heterocycles. The summed E-state index contributed by atoms with van der Waals surface area (Å²) in [6.07, 6.45) is 3.51. The van der Waals surface area contributed by atoms with Gasteiger partial charge in [-0.1, -0.05) is 11.6 Å². The van der Waals surface area contributed by atoms with Gasteiger partial charge in [-0.15, -0.1) is 0 Å². The number of hydrogen-bond acceptors (Lipinski definition) is 3. The number of pyridine rings is 1. The number of anilines is 1. The summed E-state index contributed by atoms with van der Waals surface area (Å²) in [5.41, 5.74) is 0.931. The van der Waals surface area contributed by atoms with Crippen molar-refractivity contribution in [3.8, 4) is 5.69 Å². The van der Waals surface area contributed by atoms with Gasteiger partial charge in [0.25, 0.3) is 0 Å². The van der Waals surface area contributed by atoms with Gasteiger partial charge in [0.2, 0.25) is 0 Å². The zero-order chi connectivity index (χ0) is 11.5. The number of nitrogens with one attached hydrogen (secondary N) is 1. The number of halogens is 1. The molecule has 82 valence electrons. The molecule has 2 heterocycles. The molecule has 0 radical (unpaired) electrons. The molecular formula is C9H7ClN4O2. The van der Waals surface area contributed by atoms with Crippen molar-refractivity contribution in [1.29, 1.82) is 0 Å². The zero-order valence-corrected chi connectivity index (χ0v) is 8.72. The minimum atomic E-state index is -1.19. The van der Waals surface area contributed by atoms with Gasteiger partial charge in [0, 0.05) is 6.20 Å². The number of hydrogen-bond donors (Lipinski definition) is 2. The molecule has 2 aromatic heterocycles.